The van der Waals surface area contributed by atoms with Crippen LogP contribution in [-0.4, -0.2) is 74.6 Å². The van der Waals surface area contributed by atoms with Gasteiger partial charge in [0.1, 0.15) is 11.4 Å². The van der Waals surface area contributed by atoms with Gasteiger partial charge in [-0.3, -0.25) is 9.40 Å². The number of anilines is 2. The van der Waals surface area contributed by atoms with Crippen LogP contribution in [-0.2, 0) is 12.7 Å². The first-order chi connectivity index (χ1) is 20.4. The predicted octanol–water partition coefficient (Wildman–Crippen LogP) is 5.32. The van der Waals surface area contributed by atoms with Crippen LogP contribution in [0.3, 0.4) is 0 Å². The summed E-state index contributed by atoms with van der Waals surface area (Å²) >= 11 is 1.33. The summed E-state index contributed by atoms with van der Waals surface area (Å²) in [5, 5.41) is 20.1. The number of alkyl halides is 3. The first-order valence-corrected chi connectivity index (χ1v) is 15.3. The van der Waals surface area contributed by atoms with Crippen molar-refractivity contribution in [2.75, 3.05) is 44.6 Å². The van der Waals surface area contributed by atoms with Crippen molar-refractivity contribution in [2.45, 2.75) is 63.8 Å². The number of likely N-dealkylation sites (tertiary alicyclic amines) is 1. The molecule has 4 heterocycles. The largest absolute Gasteiger partial charge is 0.419 e. The highest BCUT2D eigenvalue weighted by Gasteiger charge is 2.39. The topological polar surface area (TPSA) is 103 Å². The molecule has 0 saturated carbocycles. The lowest BCUT2D eigenvalue weighted by Gasteiger charge is -2.48. The zero-order valence-electron chi connectivity index (χ0n) is 24.9. The van der Waals surface area contributed by atoms with Gasteiger partial charge in [-0.25, -0.2) is 14.4 Å². The van der Waals surface area contributed by atoms with Crippen molar-refractivity contribution in [3.63, 3.8) is 0 Å². The third-order valence-corrected chi connectivity index (χ3v) is 8.21. The Hall–Kier alpha value is -2.78. The van der Waals surface area contributed by atoms with E-state index in [4.69, 9.17) is 0 Å². The van der Waals surface area contributed by atoms with E-state index in [0.717, 1.165) is 39.3 Å². The second-order valence-corrected chi connectivity index (χ2v) is 12.4. The molecule has 0 atom stereocenters. The van der Waals surface area contributed by atoms with Gasteiger partial charge >= 0.3 is 6.18 Å². The van der Waals surface area contributed by atoms with Crippen LogP contribution in [0.4, 0.5) is 29.2 Å². The molecule has 14 heteroatoms. The molecule has 2 saturated heterocycles. The number of nitrogens with one attached hydrogen (secondary N) is 3. The lowest BCUT2D eigenvalue weighted by molar-refractivity contribution is -0.137. The molecule has 9 nitrogen and oxygen atoms in total. The molecule has 4 N–H and O–H groups in total. The Morgan fingerprint density at radius 1 is 1.12 bits per heavy atom. The van der Waals surface area contributed by atoms with E-state index >= 15 is 0 Å². The molecule has 1 spiro atoms. The summed E-state index contributed by atoms with van der Waals surface area (Å²) in [6.07, 6.45) is 1.00. The van der Waals surface area contributed by atoms with Gasteiger partial charge in [-0.1, -0.05) is 13.8 Å². The van der Waals surface area contributed by atoms with E-state index in [1.807, 2.05) is 13.8 Å². The Kier molecular flexibility index (Phi) is 10.7. The summed E-state index contributed by atoms with van der Waals surface area (Å²) < 4.78 is 60.7. The Labute approximate surface area is 254 Å². The molecule has 0 radical (unpaired) electrons. The third-order valence-electron chi connectivity index (χ3n) is 7.37. The van der Waals surface area contributed by atoms with Crippen LogP contribution in [0.1, 0.15) is 46.1 Å². The second kappa shape index (κ2) is 13.9. The SMILES string of the molecule is CC.CC(C)(O)Cn1cc(-c2nc(Nc3ccc(SNCCN4CCC5(CC4)CNC5)cc3F)ncc2C(F)(F)F)cn1. The minimum absolute atomic E-state index is 0.0329. The molecule has 236 valence electrons. The molecule has 2 fully saturated rings. The Balaban J connectivity index is 0.00000207. The van der Waals surface area contributed by atoms with Crippen molar-refractivity contribution >= 4 is 23.6 Å². The van der Waals surface area contributed by atoms with Gasteiger partial charge in [0.25, 0.3) is 0 Å². The van der Waals surface area contributed by atoms with E-state index < -0.39 is 28.9 Å². The van der Waals surface area contributed by atoms with Crippen molar-refractivity contribution in [1.82, 2.24) is 34.7 Å². The van der Waals surface area contributed by atoms with Crippen molar-refractivity contribution < 1.29 is 22.7 Å². The highest BCUT2D eigenvalue weighted by atomic mass is 32.2. The third kappa shape index (κ3) is 8.88. The number of halogens is 4. The average molecular weight is 625 g/mol. The van der Waals surface area contributed by atoms with Gasteiger partial charge in [0.05, 0.1) is 29.7 Å². The maximum Gasteiger partial charge on any atom is 0.419 e. The van der Waals surface area contributed by atoms with E-state index in [0.29, 0.717) is 16.5 Å². The summed E-state index contributed by atoms with van der Waals surface area (Å²) in [5.74, 6) is -0.781. The molecule has 0 amide bonds. The summed E-state index contributed by atoms with van der Waals surface area (Å²) in [6.45, 7) is 13.3. The summed E-state index contributed by atoms with van der Waals surface area (Å²) in [6, 6.07) is 4.56. The van der Waals surface area contributed by atoms with Crippen molar-refractivity contribution in [3.05, 3.63) is 48.2 Å². The average Bonchev–Trinajstić information content (AvgIpc) is 3.39. The van der Waals surface area contributed by atoms with Crippen LogP contribution in [0.25, 0.3) is 11.3 Å². The number of piperidine rings is 1. The monoisotopic (exact) mass is 624 g/mol. The fraction of sp³-hybridized carbons (Fsp3) is 0.552. The standard InChI is InChI=1S/C27H34F4N8OS.C2H6/c1-25(2,40)17-39-14-18(12-34-39)23-20(27(29,30)31)13-33-24(37-23)36-22-4-3-19(11-21(22)28)41-35-7-10-38-8-5-26(6-9-38)15-32-16-26;1-2/h3-4,11-14,32,35,40H,5-10,15-17H2,1-2H3,(H,33,36,37);1-2H3. The highest BCUT2D eigenvalue weighted by molar-refractivity contribution is 7.97. The molecule has 1 aromatic carbocycles. The Morgan fingerprint density at radius 3 is 2.44 bits per heavy atom. The van der Waals surface area contributed by atoms with E-state index in [9.17, 15) is 22.7 Å². The lowest BCUT2D eigenvalue weighted by atomic mass is 9.73. The number of aromatic nitrogens is 4. The highest BCUT2D eigenvalue weighted by Crippen LogP contribution is 2.37. The first-order valence-electron chi connectivity index (χ1n) is 14.5. The first kappa shape index (κ1) is 33.1. The molecule has 0 bridgehead atoms. The molecule has 2 aromatic heterocycles. The molecule has 2 aliphatic rings. The second-order valence-electron chi connectivity index (χ2n) is 11.4. The van der Waals surface area contributed by atoms with E-state index in [1.54, 1.807) is 19.9 Å². The number of benzene rings is 1. The van der Waals surface area contributed by atoms with Gasteiger partial charge in [-0.15, -0.1) is 0 Å². The zero-order valence-corrected chi connectivity index (χ0v) is 25.7. The van der Waals surface area contributed by atoms with E-state index in [2.05, 4.69) is 35.3 Å². The predicted molar refractivity (Wildman–Crippen MR) is 160 cm³/mol. The number of rotatable bonds is 10. The van der Waals surface area contributed by atoms with Crippen LogP contribution < -0.4 is 15.4 Å². The molecule has 5 rings (SSSR count). The Morgan fingerprint density at radius 2 is 1.84 bits per heavy atom. The van der Waals surface area contributed by atoms with Gasteiger partial charge in [-0.05, 0) is 75.3 Å². The molecular weight excluding hydrogens is 584 g/mol. The molecular formula is C29H40F4N8OS. The van der Waals surface area contributed by atoms with Crippen molar-refractivity contribution in [1.29, 1.82) is 0 Å². The number of nitrogens with zero attached hydrogens (tertiary/aromatic N) is 5. The lowest BCUT2D eigenvalue weighted by Crippen LogP contribution is -2.58. The number of aliphatic hydroxyl groups is 1. The van der Waals surface area contributed by atoms with Gasteiger partial charge in [-0.2, -0.15) is 18.3 Å². The minimum atomic E-state index is -4.71. The van der Waals surface area contributed by atoms with Gasteiger partial charge in [0.2, 0.25) is 5.95 Å². The van der Waals surface area contributed by atoms with Crippen LogP contribution in [0, 0.1) is 11.2 Å². The van der Waals surface area contributed by atoms with Crippen LogP contribution in [0.15, 0.2) is 41.7 Å². The summed E-state index contributed by atoms with van der Waals surface area (Å²) in [5.41, 5.74) is -1.92. The molecule has 0 unspecified atom stereocenters. The van der Waals surface area contributed by atoms with E-state index in [1.165, 1.54) is 54.0 Å². The van der Waals surface area contributed by atoms with Gasteiger partial charge in [0, 0.05) is 49.0 Å². The van der Waals surface area contributed by atoms with Gasteiger partial charge in [0.15, 0.2) is 0 Å². The van der Waals surface area contributed by atoms with Crippen LogP contribution >= 0.6 is 11.9 Å². The molecule has 43 heavy (non-hydrogen) atoms. The maximum atomic E-state index is 14.9. The number of hydrogen-bond donors (Lipinski definition) is 4. The van der Waals surface area contributed by atoms with Crippen molar-refractivity contribution in [2.24, 2.45) is 5.41 Å². The molecule has 3 aromatic rings. The van der Waals surface area contributed by atoms with E-state index in [-0.39, 0.29) is 23.7 Å². The fourth-order valence-corrected chi connectivity index (χ4v) is 5.70. The van der Waals surface area contributed by atoms with Crippen LogP contribution in [0.2, 0.25) is 0 Å². The smallest absolute Gasteiger partial charge is 0.389 e. The number of hydrogen-bond acceptors (Lipinski definition) is 9. The molecule has 2 aliphatic heterocycles. The fourth-order valence-electron chi connectivity index (χ4n) is 5.04. The summed E-state index contributed by atoms with van der Waals surface area (Å²) in [4.78, 5) is 10.9. The van der Waals surface area contributed by atoms with Crippen LogP contribution in [0.5, 0.6) is 0 Å². The maximum absolute atomic E-state index is 14.9. The zero-order chi connectivity index (χ0) is 31.3. The normalized spacial score (nSPS) is 16.9. The molecule has 0 aliphatic carbocycles. The van der Waals surface area contributed by atoms with Crippen molar-refractivity contribution in [3.8, 4) is 11.3 Å². The van der Waals surface area contributed by atoms with Gasteiger partial charge < -0.3 is 20.6 Å². The quantitative estimate of drug-likeness (QED) is 0.136. The summed E-state index contributed by atoms with van der Waals surface area (Å²) in [7, 11) is 0. The Bertz CT molecular complexity index is 1350. The minimum Gasteiger partial charge on any atom is -0.389 e.